The van der Waals surface area contributed by atoms with E-state index < -0.39 is 10.0 Å². The van der Waals surface area contributed by atoms with Crippen LogP contribution in [0.25, 0.3) is 16.7 Å². The second-order valence-corrected chi connectivity index (χ2v) is 9.04. The summed E-state index contributed by atoms with van der Waals surface area (Å²) in [5.41, 5.74) is 4.57. The Morgan fingerprint density at radius 2 is 1.84 bits per heavy atom. The molecule has 0 aliphatic rings. The summed E-state index contributed by atoms with van der Waals surface area (Å²) in [4.78, 5) is 21.8. The number of carbonyl (C=O) groups excluding carboxylic acids is 1. The predicted molar refractivity (Wildman–Crippen MR) is 121 cm³/mol. The van der Waals surface area contributed by atoms with Crippen LogP contribution in [0.3, 0.4) is 0 Å². The van der Waals surface area contributed by atoms with Crippen molar-refractivity contribution in [3.05, 3.63) is 65.4 Å². The van der Waals surface area contributed by atoms with Crippen LogP contribution in [-0.2, 0) is 10.0 Å². The summed E-state index contributed by atoms with van der Waals surface area (Å²) in [6.07, 6.45) is 1.55. The quantitative estimate of drug-likeness (QED) is 0.424. The minimum absolute atomic E-state index is 0.0798. The lowest BCUT2D eigenvalue weighted by Crippen LogP contribution is -2.23. The van der Waals surface area contributed by atoms with Gasteiger partial charge in [0, 0.05) is 12.1 Å². The fraction of sp³-hybridized carbons (Fsp3) is 0.190. The second kappa shape index (κ2) is 7.97. The molecule has 0 radical (unpaired) electrons. The largest absolute Gasteiger partial charge is 0.366 e. The number of rotatable bonds is 6. The lowest BCUT2D eigenvalue weighted by Gasteiger charge is -2.13. The zero-order valence-corrected chi connectivity index (χ0v) is 17.9. The lowest BCUT2D eigenvalue weighted by molar-refractivity contribution is 0.102. The third-order valence-corrected chi connectivity index (χ3v) is 5.77. The van der Waals surface area contributed by atoms with Gasteiger partial charge in [0.2, 0.25) is 10.0 Å². The minimum atomic E-state index is -3.62. The fourth-order valence-electron chi connectivity index (χ4n) is 3.28. The number of sulfonamides is 1. The van der Waals surface area contributed by atoms with Gasteiger partial charge in [-0.05, 0) is 49.2 Å². The van der Waals surface area contributed by atoms with Crippen molar-refractivity contribution < 1.29 is 13.2 Å². The lowest BCUT2D eigenvalue weighted by atomic mass is 10.1. The predicted octanol–water partition coefficient (Wildman–Crippen LogP) is 2.45. The van der Waals surface area contributed by atoms with Crippen LogP contribution in [-0.4, -0.2) is 41.0 Å². The highest BCUT2D eigenvalue weighted by Crippen LogP contribution is 2.27. The maximum Gasteiger partial charge on any atom is 0.256 e. The molecule has 2 heterocycles. The van der Waals surface area contributed by atoms with E-state index in [1.165, 1.54) is 0 Å². The van der Waals surface area contributed by atoms with E-state index in [9.17, 15) is 13.2 Å². The van der Waals surface area contributed by atoms with Crippen LogP contribution in [0.5, 0.6) is 0 Å². The molecule has 0 saturated heterocycles. The minimum Gasteiger partial charge on any atom is -0.366 e. The summed E-state index contributed by atoms with van der Waals surface area (Å²) < 4.78 is 24.4. The number of aryl methyl sites for hydroxylation is 2. The van der Waals surface area contributed by atoms with Gasteiger partial charge in [-0.25, -0.2) is 23.5 Å². The van der Waals surface area contributed by atoms with Crippen molar-refractivity contribution >= 4 is 44.2 Å². The average Bonchev–Trinajstić information content (AvgIpc) is 3.13. The summed E-state index contributed by atoms with van der Waals surface area (Å²) in [5.74, 6) is 0.373. The molecule has 4 rings (SSSR count). The Morgan fingerprint density at radius 3 is 2.55 bits per heavy atom. The van der Waals surface area contributed by atoms with Crippen LogP contribution in [0, 0.1) is 13.8 Å². The van der Waals surface area contributed by atoms with E-state index in [1.54, 1.807) is 34.9 Å². The van der Waals surface area contributed by atoms with Gasteiger partial charge < -0.3 is 10.6 Å². The maximum absolute atomic E-state index is 12.7. The van der Waals surface area contributed by atoms with Crippen LogP contribution in [0.2, 0.25) is 0 Å². The Balaban J connectivity index is 1.82. The molecule has 0 unspecified atom stereocenters. The Hall–Kier alpha value is -3.50. The van der Waals surface area contributed by atoms with E-state index in [-0.39, 0.29) is 18.2 Å². The summed E-state index contributed by atoms with van der Waals surface area (Å²) >= 11 is 0. The molecule has 2 aromatic carbocycles. The van der Waals surface area contributed by atoms with E-state index in [1.807, 2.05) is 32.0 Å². The number of benzene rings is 2. The molecule has 31 heavy (non-hydrogen) atoms. The first kappa shape index (κ1) is 20.8. The number of aromatic nitrogens is 3. The molecule has 0 saturated carbocycles. The Morgan fingerprint density at radius 1 is 1.13 bits per heavy atom. The Kier molecular flexibility index (Phi) is 5.34. The number of nitrogens with one attached hydrogen (secondary N) is 2. The molecule has 0 fully saturated rings. The van der Waals surface area contributed by atoms with Crippen molar-refractivity contribution in [1.29, 1.82) is 0 Å². The molecule has 0 spiro atoms. The third kappa shape index (κ3) is 4.35. The Labute approximate surface area is 179 Å². The molecule has 2 aromatic heterocycles. The van der Waals surface area contributed by atoms with Crippen molar-refractivity contribution in [2.24, 2.45) is 5.14 Å². The third-order valence-electron chi connectivity index (χ3n) is 4.99. The molecule has 4 aromatic rings. The van der Waals surface area contributed by atoms with Crippen molar-refractivity contribution in [2.45, 2.75) is 13.8 Å². The zero-order valence-electron chi connectivity index (χ0n) is 17.1. The van der Waals surface area contributed by atoms with E-state index >= 15 is 0 Å². The molecule has 9 nitrogen and oxygen atoms in total. The van der Waals surface area contributed by atoms with Gasteiger partial charge in [0.1, 0.15) is 5.82 Å². The molecular weight excluding hydrogens is 416 g/mol. The highest BCUT2D eigenvalue weighted by Gasteiger charge is 2.17. The number of nitrogens with two attached hydrogens (primary N) is 1. The van der Waals surface area contributed by atoms with Gasteiger partial charge in [0.05, 0.1) is 23.0 Å². The van der Waals surface area contributed by atoms with Gasteiger partial charge in [0.25, 0.3) is 5.91 Å². The summed E-state index contributed by atoms with van der Waals surface area (Å²) in [6, 6.07) is 12.8. The highest BCUT2D eigenvalue weighted by atomic mass is 32.2. The standard InChI is InChI=1S/C21H22N6O3S/c1-13-10-16-17(11-14(13)2)27-18(26-21(28)15-6-4-3-5-7-15)12-24-20(27)19(25-16)23-8-9-31(22,29)30/h3-7,10-12H,8-9H2,1-2H3,(H,23,25)(H,26,28)(H2,22,29,30). The first-order valence-electron chi connectivity index (χ1n) is 9.62. The summed E-state index contributed by atoms with van der Waals surface area (Å²) in [5, 5.41) is 11.0. The fourth-order valence-corrected chi connectivity index (χ4v) is 3.67. The number of hydrogen-bond donors (Lipinski definition) is 3. The first-order valence-corrected chi connectivity index (χ1v) is 11.3. The molecule has 0 bridgehead atoms. The van der Waals surface area contributed by atoms with Crippen molar-refractivity contribution in [2.75, 3.05) is 22.9 Å². The maximum atomic E-state index is 12.7. The van der Waals surface area contributed by atoms with Crippen molar-refractivity contribution in [1.82, 2.24) is 14.4 Å². The SMILES string of the molecule is Cc1cc2nc(NCCS(N)(=O)=O)c3ncc(NC(=O)c4ccccc4)n3c2cc1C. The van der Waals surface area contributed by atoms with E-state index in [0.29, 0.717) is 28.4 Å². The number of carbonyl (C=O) groups is 1. The normalized spacial score (nSPS) is 11.7. The van der Waals surface area contributed by atoms with Gasteiger partial charge in [-0.2, -0.15) is 0 Å². The summed E-state index contributed by atoms with van der Waals surface area (Å²) in [7, 11) is -3.62. The van der Waals surface area contributed by atoms with Gasteiger partial charge in [-0.3, -0.25) is 9.20 Å². The molecule has 160 valence electrons. The first-order chi connectivity index (χ1) is 14.7. The van der Waals surface area contributed by atoms with Crippen molar-refractivity contribution in [3.8, 4) is 0 Å². The second-order valence-electron chi connectivity index (χ2n) is 7.30. The molecular formula is C21H22N6O3S. The number of anilines is 2. The van der Waals surface area contributed by atoms with Crippen LogP contribution >= 0.6 is 0 Å². The highest BCUT2D eigenvalue weighted by molar-refractivity contribution is 7.89. The summed E-state index contributed by atoms with van der Waals surface area (Å²) in [6.45, 7) is 4.06. The van der Waals surface area contributed by atoms with Crippen molar-refractivity contribution in [3.63, 3.8) is 0 Å². The van der Waals surface area contributed by atoms with Crippen LogP contribution in [0.1, 0.15) is 21.5 Å². The van der Waals surface area contributed by atoms with Gasteiger partial charge >= 0.3 is 0 Å². The molecule has 4 N–H and O–H groups in total. The monoisotopic (exact) mass is 438 g/mol. The molecule has 10 heteroatoms. The molecule has 0 atom stereocenters. The van der Waals surface area contributed by atoms with Gasteiger partial charge in [-0.15, -0.1) is 0 Å². The Bertz CT molecular complexity index is 1400. The van der Waals surface area contributed by atoms with E-state index in [4.69, 9.17) is 5.14 Å². The molecule has 0 aliphatic heterocycles. The van der Waals surface area contributed by atoms with E-state index in [2.05, 4.69) is 20.6 Å². The molecule has 1 amide bonds. The number of primary sulfonamides is 1. The number of fused-ring (bicyclic) bond motifs is 3. The van der Waals surface area contributed by atoms with Crippen LogP contribution in [0.15, 0.2) is 48.7 Å². The topological polar surface area (TPSA) is 131 Å². The average molecular weight is 439 g/mol. The number of imidazole rings is 1. The molecule has 0 aliphatic carbocycles. The number of hydrogen-bond acceptors (Lipinski definition) is 6. The van der Waals surface area contributed by atoms with Crippen LogP contribution < -0.4 is 15.8 Å². The number of amides is 1. The zero-order chi connectivity index (χ0) is 22.2. The van der Waals surface area contributed by atoms with Crippen LogP contribution in [0.4, 0.5) is 11.6 Å². The number of nitrogens with zero attached hydrogens (tertiary/aromatic N) is 3. The van der Waals surface area contributed by atoms with Gasteiger partial charge in [-0.1, -0.05) is 18.2 Å². The van der Waals surface area contributed by atoms with Gasteiger partial charge in [0.15, 0.2) is 11.5 Å². The van der Waals surface area contributed by atoms with E-state index in [0.717, 1.165) is 16.6 Å². The smallest absolute Gasteiger partial charge is 0.256 e.